The fourth-order valence-corrected chi connectivity index (χ4v) is 6.33. The van der Waals surface area contributed by atoms with E-state index in [4.69, 9.17) is 0 Å². The van der Waals surface area contributed by atoms with Crippen LogP contribution in [0, 0.1) is 17.8 Å². The van der Waals surface area contributed by atoms with Gasteiger partial charge in [0, 0.05) is 5.56 Å². The van der Waals surface area contributed by atoms with Crippen LogP contribution in [0.5, 0.6) is 0 Å². The van der Waals surface area contributed by atoms with Gasteiger partial charge in [-0.2, -0.15) is 0 Å². The highest BCUT2D eigenvalue weighted by atomic mass is 16.3. The van der Waals surface area contributed by atoms with E-state index >= 15 is 0 Å². The number of Topliss-reactive ketones (excluding diaryl/α,β-unsaturated/α-hetero) is 1. The molecule has 0 bridgehead atoms. The Morgan fingerprint density at radius 3 is 2.16 bits per heavy atom. The first-order chi connectivity index (χ1) is 15.1. The Hall–Kier alpha value is -2.97. The molecule has 0 radical (unpaired) electrons. The average molecular weight is 407 g/mol. The number of fused-ring (bicyclic) bond motifs is 3. The lowest BCUT2D eigenvalue weighted by Gasteiger charge is -2.32. The van der Waals surface area contributed by atoms with Crippen LogP contribution in [-0.2, 0) is 5.60 Å². The fourth-order valence-electron chi connectivity index (χ4n) is 6.33. The van der Waals surface area contributed by atoms with Gasteiger partial charge in [0.05, 0.1) is 5.92 Å². The standard InChI is InChI=1S/C29H26O2/c30-28(23-13-12-19-6-1-3-8-21(19)16-23)27-26-11-5-10-24(26)18-29(27,31)25-15-14-20-7-2-4-9-22(20)17-25/h1-4,6-9,12-17,24,26-27,31H,5,10-11,18H2/t24?,26?,27-,29+/m1/s1. The van der Waals surface area contributed by atoms with E-state index in [1.807, 2.05) is 48.5 Å². The normalized spacial score (nSPS) is 27.6. The molecule has 2 heteroatoms. The van der Waals surface area contributed by atoms with Crippen molar-refractivity contribution in [3.05, 3.63) is 96.1 Å². The van der Waals surface area contributed by atoms with Gasteiger partial charge in [0.1, 0.15) is 5.60 Å². The van der Waals surface area contributed by atoms with Crippen molar-refractivity contribution in [3.63, 3.8) is 0 Å². The highest BCUT2D eigenvalue weighted by Gasteiger charge is 2.57. The first-order valence-electron chi connectivity index (χ1n) is 11.4. The SMILES string of the molecule is O=C(c1ccc2ccccc2c1)[C@H]1C2CCCC2C[C@]1(O)c1ccc2ccccc2c1. The molecule has 0 amide bonds. The summed E-state index contributed by atoms with van der Waals surface area (Å²) < 4.78 is 0. The summed E-state index contributed by atoms with van der Waals surface area (Å²) in [7, 11) is 0. The molecule has 2 aliphatic carbocycles. The molecular formula is C29H26O2. The van der Waals surface area contributed by atoms with Crippen molar-refractivity contribution in [1.82, 2.24) is 0 Å². The quantitative estimate of drug-likeness (QED) is 0.394. The summed E-state index contributed by atoms with van der Waals surface area (Å²) in [6.07, 6.45) is 3.98. The molecule has 6 rings (SSSR count). The van der Waals surface area contributed by atoms with Crippen LogP contribution in [0.4, 0.5) is 0 Å². The Kier molecular flexibility index (Phi) is 4.26. The number of benzene rings is 4. The second-order valence-electron chi connectivity index (χ2n) is 9.45. The molecule has 0 aliphatic heterocycles. The Bertz CT molecular complexity index is 1310. The number of aliphatic hydroxyl groups is 1. The predicted molar refractivity (Wildman–Crippen MR) is 125 cm³/mol. The summed E-state index contributed by atoms with van der Waals surface area (Å²) in [5, 5.41) is 16.6. The molecule has 4 aromatic carbocycles. The second kappa shape index (κ2) is 7.03. The van der Waals surface area contributed by atoms with Crippen LogP contribution in [0.2, 0.25) is 0 Å². The lowest BCUT2D eigenvalue weighted by Crippen LogP contribution is -2.38. The maximum Gasteiger partial charge on any atom is 0.169 e. The van der Waals surface area contributed by atoms with Gasteiger partial charge in [-0.05, 0) is 63.9 Å². The third kappa shape index (κ3) is 2.93. The Labute approximate surface area is 182 Å². The second-order valence-corrected chi connectivity index (χ2v) is 9.45. The minimum absolute atomic E-state index is 0.0933. The molecule has 1 N–H and O–H groups in total. The van der Waals surface area contributed by atoms with Gasteiger partial charge in [0.25, 0.3) is 0 Å². The van der Waals surface area contributed by atoms with Crippen LogP contribution in [0.1, 0.15) is 41.6 Å². The summed E-state index contributed by atoms with van der Waals surface area (Å²) in [6, 6.07) is 28.5. The maximum absolute atomic E-state index is 13.9. The van der Waals surface area contributed by atoms with E-state index < -0.39 is 5.60 Å². The molecule has 4 aromatic rings. The van der Waals surface area contributed by atoms with Crippen LogP contribution in [0.3, 0.4) is 0 Å². The molecule has 0 spiro atoms. The molecule has 2 fully saturated rings. The molecule has 0 aromatic heterocycles. The van der Waals surface area contributed by atoms with Gasteiger partial charge in [0.15, 0.2) is 5.78 Å². The summed E-state index contributed by atoms with van der Waals surface area (Å²) >= 11 is 0. The number of hydrogen-bond acceptors (Lipinski definition) is 2. The molecule has 2 nitrogen and oxygen atoms in total. The number of rotatable bonds is 3. The Morgan fingerprint density at radius 2 is 1.42 bits per heavy atom. The van der Waals surface area contributed by atoms with E-state index in [1.54, 1.807) is 0 Å². The molecule has 4 atom stereocenters. The van der Waals surface area contributed by atoms with Crippen molar-refractivity contribution >= 4 is 27.3 Å². The molecule has 2 saturated carbocycles. The summed E-state index contributed by atoms with van der Waals surface area (Å²) in [6.45, 7) is 0. The van der Waals surface area contributed by atoms with Crippen molar-refractivity contribution in [1.29, 1.82) is 0 Å². The lowest BCUT2D eigenvalue weighted by atomic mass is 9.75. The van der Waals surface area contributed by atoms with Gasteiger partial charge in [-0.25, -0.2) is 0 Å². The van der Waals surface area contributed by atoms with E-state index in [9.17, 15) is 9.90 Å². The van der Waals surface area contributed by atoms with E-state index in [2.05, 4.69) is 36.4 Å². The minimum Gasteiger partial charge on any atom is -0.384 e. The number of hydrogen-bond donors (Lipinski definition) is 1. The van der Waals surface area contributed by atoms with Gasteiger partial charge < -0.3 is 5.11 Å². The molecule has 2 aliphatic rings. The highest BCUT2D eigenvalue weighted by Crippen LogP contribution is 2.57. The zero-order chi connectivity index (χ0) is 21.0. The van der Waals surface area contributed by atoms with E-state index in [0.29, 0.717) is 12.3 Å². The molecule has 0 heterocycles. The fraction of sp³-hybridized carbons (Fsp3) is 0.276. The molecule has 2 unspecified atom stereocenters. The number of carbonyl (C=O) groups excluding carboxylic acids is 1. The van der Waals surface area contributed by atoms with Crippen LogP contribution in [0.15, 0.2) is 84.9 Å². The van der Waals surface area contributed by atoms with E-state index in [1.165, 1.54) is 0 Å². The summed E-state index contributed by atoms with van der Waals surface area (Å²) in [5.74, 6) is 0.388. The van der Waals surface area contributed by atoms with Crippen molar-refractivity contribution < 1.29 is 9.90 Å². The average Bonchev–Trinajstić information content (AvgIpc) is 3.36. The van der Waals surface area contributed by atoms with Crippen molar-refractivity contribution in [3.8, 4) is 0 Å². The zero-order valence-corrected chi connectivity index (χ0v) is 17.5. The van der Waals surface area contributed by atoms with Gasteiger partial charge in [-0.1, -0.05) is 85.6 Å². The minimum atomic E-state index is -1.11. The van der Waals surface area contributed by atoms with Crippen molar-refractivity contribution in [2.45, 2.75) is 31.3 Å². The molecule has 154 valence electrons. The van der Waals surface area contributed by atoms with Crippen LogP contribution < -0.4 is 0 Å². The van der Waals surface area contributed by atoms with Gasteiger partial charge in [0.2, 0.25) is 0 Å². The van der Waals surface area contributed by atoms with Gasteiger partial charge in [-0.3, -0.25) is 4.79 Å². The number of ketones is 1. The van der Waals surface area contributed by atoms with E-state index in [-0.39, 0.29) is 17.6 Å². The van der Waals surface area contributed by atoms with Gasteiger partial charge in [-0.15, -0.1) is 0 Å². The largest absolute Gasteiger partial charge is 0.384 e. The first-order valence-corrected chi connectivity index (χ1v) is 11.4. The highest BCUT2D eigenvalue weighted by molar-refractivity contribution is 6.02. The number of carbonyl (C=O) groups is 1. The summed E-state index contributed by atoms with van der Waals surface area (Å²) in [4.78, 5) is 13.9. The van der Waals surface area contributed by atoms with Crippen LogP contribution >= 0.6 is 0 Å². The molecular weight excluding hydrogens is 380 g/mol. The third-order valence-corrected chi connectivity index (χ3v) is 7.80. The first kappa shape index (κ1) is 18.8. The van der Waals surface area contributed by atoms with Crippen molar-refractivity contribution in [2.24, 2.45) is 17.8 Å². The lowest BCUT2D eigenvalue weighted by molar-refractivity contribution is -0.00704. The molecule has 0 saturated heterocycles. The Morgan fingerprint density at radius 1 is 0.774 bits per heavy atom. The topological polar surface area (TPSA) is 37.3 Å². The van der Waals surface area contributed by atoms with Crippen LogP contribution in [-0.4, -0.2) is 10.9 Å². The van der Waals surface area contributed by atoms with Crippen LogP contribution in [0.25, 0.3) is 21.5 Å². The van der Waals surface area contributed by atoms with Gasteiger partial charge >= 0.3 is 0 Å². The smallest absolute Gasteiger partial charge is 0.169 e. The summed E-state index contributed by atoms with van der Waals surface area (Å²) in [5.41, 5.74) is 0.498. The van der Waals surface area contributed by atoms with Crippen molar-refractivity contribution in [2.75, 3.05) is 0 Å². The zero-order valence-electron chi connectivity index (χ0n) is 17.5. The third-order valence-electron chi connectivity index (χ3n) is 7.80. The predicted octanol–water partition coefficient (Wildman–Crippen LogP) is 6.50. The monoisotopic (exact) mass is 406 g/mol. The molecule has 31 heavy (non-hydrogen) atoms. The maximum atomic E-state index is 13.9. The van der Waals surface area contributed by atoms with E-state index in [0.717, 1.165) is 51.9 Å². The Balaban J connectivity index is 1.46.